The second kappa shape index (κ2) is 10.3. The predicted octanol–water partition coefficient (Wildman–Crippen LogP) is 5.34. The van der Waals surface area contributed by atoms with Crippen LogP contribution in [0.5, 0.6) is 0 Å². The highest BCUT2D eigenvalue weighted by molar-refractivity contribution is 6.33. The quantitative estimate of drug-likeness (QED) is 0.623. The third-order valence-corrected chi connectivity index (χ3v) is 3.49. The standard InChI is InChI=1S/C18H26ClNO2/c1-4-7-9-15(8-5-2)20-17-11-10-14(12-16(17)19)13-18(21)22-6-3/h9-12,20H,4-8,13H2,1-3H3/b15-9-. The largest absolute Gasteiger partial charge is 0.466 e. The molecule has 0 unspecified atom stereocenters. The van der Waals surface area contributed by atoms with Crippen LogP contribution in [0.4, 0.5) is 5.69 Å². The number of halogens is 1. The van der Waals surface area contributed by atoms with Gasteiger partial charge >= 0.3 is 5.97 Å². The fourth-order valence-corrected chi connectivity index (χ4v) is 2.38. The molecule has 1 aromatic rings. The van der Waals surface area contributed by atoms with E-state index in [2.05, 4.69) is 25.2 Å². The summed E-state index contributed by atoms with van der Waals surface area (Å²) < 4.78 is 4.95. The van der Waals surface area contributed by atoms with E-state index in [1.54, 1.807) is 6.92 Å². The average Bonchev–Trinajstić information content (AvgIpc) is 2.48. The molecule has 0 aliphatic carbocycles. The summed E-state index contributed by atoms with van der Waals surface area (Å²) in [5.74, 6) is -0.228. The Labute approximate surface area is 138 Å². The first-order chi connectivity index (χ1) is 10.6. The second-order valence-corrected chi connectivity index (χ2v) is 5.60. The number of esters is 1. The predicted molar refractivity (Wildman–Crippen MR) is 93.3 cm³/mol. The van der Waals surface area contributed by atoms with Crippen LogP contribution in [-0.4, -0.2) is 12.6 Å². The first-order valence-corrected chi connectivity index (χ1v) is 8.38. The molecular formula is C18H26ClNO2. The van der Waals surface area contributed by atoms with Gasteiger partial charge in [0.05, 0.1) is 23.7 Å². The van der Waals surface area contributed by atoms with Crippen LogP contribution in [0.25, 0.3) is 0 Å². The van der Waals surface area contributed by atoms with Gasteiger partial charge in [0.25, 0.3) is 0 Å². The molecule has 0 spiro atoms. The number of carbonyl (C=O) groups excluding carboxylic acids is 1. The highest BCUT2D eigenvalue weighted by atomic mass is 35.5. The summed E-state index contributed by atoms with van der Waals surface area (Å²) in [5, 5.41) is 4.03. The van der Waals surface area contributed by atoms with E-state index in [0.717, 1.165) is 36.9 Å². The Kier molecular flexibility index (Phi) is 8.68. The minimum atomic E-state index is -0.228. The van der Waals surface area contributed by atoms with E-state index in [0.29, 0.717) is 11.6 Å². The van der Waals surface area contributed by atoms with Crippen molar-refractivity contribution in [2.45, 2.75) is 52.9 Å². The lowest BCUT2D eigenvalue weighted by Crippen LogP contribution is -2.07. The molecule has 3 nitrogen and oxygen atoms in total. The molecule has 0 aliphatic rings. The zero-order valence-corrected chi connectivity index (χ0v) is 14.5. The summed E-state index contributed by atoms with van der Waals surface area (Å²) in [5.41, 5.74) is 2.94. The van der Waals surface area contributed by atoms with Crippen LogP contribution >= 0.6 is 11.6 Å². The SMILES string of the molecule is CCC/C=C(/CCC)Nc1ccc(CC(=O)OCC)cc1Cl. The summed E-state index contributed by atoms with van der Waals surface area (Å²) >= 11 is 6.33. The highest BCUT2D eigenvalue weighted by Gasteiger charge is 2.08. The molecule has 0 saturated carbocycles. The third-order valence-electron chi connectivity index (χ3n) is 3.18. The fraction of sp³-hybridized carbons (Fsp3) is 0.500. The molecule has 1 rings (SSSR count). The maximum absolute atomic E-state index is 11.5. The van der Waals surface area contributed by atoms with E-state index in [4.69, 9.17) is 16.3 Å². The molecule has 0 fully saturated rings. The van der Waals surface area contributed by atoms with Crippen LogP contribution in [0.15, 0.2) is 30.0 Å². The van der Waals surface area contributed by atoms with Crippen molar-refractivity contribution in [2.24, 2.45) is 0 Å². The van der Waals surface area contributed by atoms with E-state index in [-0.39, 0.29) is 12.4 Å². The van der Waals surface area contributed by atoms with Gasteiger partial charge in [0.15, 0.2) is 0 Å². The zero-order valence-electron chi connectivity index (χ0n) is 13.7. The first kappa shape index (κ1) is 18.6. The van der Waals surface area contributed by atoms with Gasteiger partial charge in [-0.1, -0.05) is 50.4 Å². The number of hydrogen-bond acceptors (Lipinski definition) is 3. The summed E-state index contributed by atoms with van der Waals surface area (Å²) in [6.07, 6.45) is 6.75. The Bertz CT molecular complexity index is 512. The van der Waals surface area contributed by atoms with E-state index >= 15 is 0 Å². The minimum Gasteiger partial charge on any atom is -0.466 e. The fourth-order valence-electron chi connectivity index (χ4n) is 2.13. The summed E-state index contributed by atoms with van der Waals surface area (Å²) in [4.78, 5) is 11.5. The monoisotopic (exact) mass is 323 g/mol. The first-order valence-electron chi connectivity index (χ1n) is 8.00. The lowest BCUT2D eigenvalue weighted by Gasteiger charge is -2.13. The van der Waals surface area contributed by atoms with Gasteiger partial charge < -0.3 is 10.1 Å². The van der Waals surface area contributed by atoms with Gasteiger partial charge in [0.2, 0.25) is 0 Å². The smallest absolute Gasteiger partial charge is 0.310 e. The molecular weight excluding hydrogens is 298 g/mol. The molecule has 0 aromatic heterocycles. The molecule has 122 valence electrons. The Morgan fingerprint density at radius 1 is 1.27 bits per heavy atom. The molecule has 0 amide bonds. The number of nitrogens with one attached hydrogen (secondary N) is 1. The number of ether oxygens (including phenoxy) is 1. The molecule has 0 radical (unpaired) electrons. The van der Waals surface area contributed by atoms with Gasteiger partial charge in [-0.2, -0.15) is 0 Å². The zero-order chi connectivity index (χ0) is 16.4. The Morgan fingerprint density at radius 3 is 2.64 bits per heavy atom. The molecule has 22 heavy (non-hydrogen) atoms. The number of carbonyl (C=O) groups is 1. The maximum atomic E-state index is 11.5. The number of unbranched alkanes of at least 4 members (excludes halogenated alkanes) is 1. The number of hydrogen-bond donors (Lipinski definition) is 1. The Balaban J connectivity index is 2.77. The number of anilines is 1. The van der Waals surface area contributed by atoms with E-state index in [1.165, 1.54) is 5.70 Å². The van der Waals surface area contributed by atoms with Crippen LogP contribution < -0.4 is 5.32 Å². The van der Waals surface area contributed by atoms with Crippen molar-refractivity contribution in [1.82, 2.24) is 0 Å². The average molecular weight is 324 g/mol. The van der Waals surface area contributed by atoms with E-state index < -0.39 is 0 Å². The van der Waals surface area contributed by atoms with Crippen LogP contribution in [0.3, 0.4) is 0 Å². The third kappa shape index (κ3) is 6.52. The van der Waals surface area contributed by atoms with Gasteiger partial charge in [-0.05, 0) is 37.5 Å². The van der Waals surface area contributed by atoms with Crippen molar-refractivity contribution < 1.29 is 9.53 Å². The highest BCUT2D eigenvalue weighted by Crippen LogP contribution is 2.26. The van der Waals surface area contributed by atoms with Crippen molar-refractivity contribution in [3.8, 4) is 0 Å². The molecule has 4 heteroatoms. The number of benzene rings is 1. The molecule has 0 heterocycles. The summed E-state index contributed by atoms with van der Waals surface area (Å²) in [7, 11) is 0. The minimum absolute atomic E-state index is 0.228. The van der Waals surface area contributed by atoms with Crippen molar-refractivity contribution in [3.63, 3.8) is 0 Å². The Hall–Kier alpha value is -1.48. The van der Waals surface area contributed by atoms with Crippen LogP contribution in [0.2, 0.25) is 5.02 Å². The number of allylic oxidation sites excluding steroid dienone is 2. The van der Waals surface area contributed by atoms with Crippen molar-refractivity contribution in [3.05, 3.63) is 40.6 Å². The van der Waals surface area contributed by atoms with Crippen molar-refractivity contribution in [2.75, 3.05) is 11.9 Å². The Morgan fingerprint density at radius 2 is 2.05 bits per heavy atom. The molecule has 0 atom stereocenters. The molecule has 1 aromatic carbocycles. The van der Waals surface area contributed by atoms with Gasteiger partial charge in [-0.15, -0.1) is 0 Å². The van der Waals surface area contributed by atoms with E-state index in [1.807, 2.05) is 18.2 Å². The maximum Gasteiger partial charge on any atom is 0.310 e. The second-order valence-electron chi connectivity index (χ2n) is 5.19. The normalized spacial score (nSPS) is 11.4. The molecule has 0 aliphatic heterocycles. The van der Waals surface area contributed by atoms with Gasteiger partial charge in [-0.3, -0.25) is 4.79 Å². The lowest BCUT2D eigenvalue weighted by molar-refractivity contribution is -0.142. The molecule has 0 bridgehead atoms. The van der Waals surface area contributed by atoms with Crippen molar-refractivity contribution >= 4 is 23.3 Å². The molecule has 0 saturated heterocycles. The van der Waals surface area contributed by atoms with Crippen LogP contribution in [0.1, 0.15) is 52.0 Å². The van der Waals surface area contributed by atoms with Crippen molar-refractivity contribution in [1.29, 1.82) is 0 Å². The molecule has 1 N–H and O–H groups in total. The lowest BCUT2D eigenvalue weighted by atomic mass is 10.1. The van der Waals surface area contributed by atoms with Gasteiger partial charge in [0.1, 0.15) is 0 Å². The van der Waals surface area contributed by atoms with Crippen LogP contribution in [0, 0.1) is 0 Å². The van der Waals surface area contributed by atoms with Gasteiger partial charge in [-0.25, -0.2) is 0 Å². The topological polar surface area (TPSA) is 38.3 Å². The van der Waals surface area contributed by atoms with E-state index in [9.17, 15) is 4.79 Å². The van der Waals surface area contributed by atoms with Gasteiger partial charge in [0, 0.05) is 5.70 Å². The summed E-state index contributed by atoms with van der Waals surface area (Å²) in [6, 6.07) is 5.66. The van der Waals surface area contributed by atoms with Crippen LogP contribution in [-0.2, 0) is 16.0 Å². The summed E-state index contributed by atoms with van der Waals surface area (Å²) in [6.45, 7) is 6.52. The number of rotatable bonds is 9.